The van der Waals surface area contributed by atoms with Crippen LogP contribution in [0, 0.1) is 17.7 Å². The Bertz CT molecular complexity index is 1390. The van der Waals surface area contributed by atoms with Gasteiger partial charge >= 0.3 is 6.09 Å². The van der Waals surface area contributed by atoms with Gasteiger partial charge in [-0.1, -0.05) is 48.5 Å². The Morgan fingerprint density at radius 3 is 2.17 bits per heavy atom. The van der Waals surface area contributed by atoms with Crippen LogP contribution in [-0.4, -0.2) is 55.3 Å². The van der Waals surface area contributed by atoms with E-state index in [1.165, 1.54) is 34.4 Å². The monoisotopic (exact) mass is 541 g/mol. The van der Waals surface area contributed by atoms with Gasteiger partial charge in [0, 0.05) is 11.8 Å². The number of halogens is 1. The molecule has 2 aliphatic heterocycles. The Morgan fingerprint density at radius 2 is 1.52 bits per heavy atom. The summed E-state index contributed by atoms with van der Waals surface area (Å²) in [4.78, 5) is 28.9. The van der Waals surface area contributed by atoms with Crippen LogP contribution in [0.4, 0.5) is 9.18 Å². The SMILES string of the molecule is O=C(c1cc(F)ccc1OCC1CC1)C1CC2COCC(C1)N2C(=O)OCC1c2ccccc2-c2ccccc21. The molecule has 7 heteroatoms. The predicted octanol–water partition coefficient (Wildman–Crippen LogP) is 6.23. The van der Waals surface area contributed by atoms with Crippen LogP contribution in [0.1, 0.15) is 53.1 Å². The molecule has 2 unspecified atom stereocenters. The first-order valence-corrected chi connectivity index (χ1v) is 14.2. The molecule has 2 aliphatic carbocycles. The zero-order valence-corrected chi connectivity index (χ0v) is 22.3. The summed E-state index contributed by atoms with van der Waals surface area (Å²) < 4.78 is 31.9. The van der Waals surface area contributed by atoms with Crippen LogP contribution in [0.15, 0.2) is 66.7 Å². The predicted molar refractivity (Wildman–Crippen MR) is 147 cm³/mol. The fourth-order valence-corrected chi connectivity index (χ4v) is 6.63. The second kappa shape index (κ2) is 10.4. The quantitative estimate of drug-likeness (QED) is 0.332. The summed E-state index contributed by atoms with van der Waals surface area (Å²) >= 11 is 0. The van der Waals surface area contributed by atoms with Crippen molar-refractivity contribution in [3.8, 4) is 16.9 Å². The van der Waals surface area contributed by atoms with Crippen molar-refractivity contribution in [1.82, 2.24) is 4.90 Å². The number of piperidine rings is 1. The van der Waals surface area contributed by atoms with Crippen molar-refractivity contribution in [3.63, 3.8) is 0 Å². The third-order valence-corrected chi connectivity index (χ3v) is 8.82. The summed E-state index contributed by atoms with van der Waals surface area (Å²) in [5, 5.41) is 0. The Morgan fingerprint density at radius 1 is 0.875 bits per heavy atom. The molecule has 0 aromatic heterocycles. The molecule has 6 nitrogen and oxygen atoms in total. The molecule has 1 amide bonds. The average molecular weight is 542 g/mol. The van der Waals surface area contributed by atoms with Crippen molar-refractivity contribution in [2.24, 2.45) is 11.8 Å². The molecule has 3 aromatic rings. The molecule has 3 fully saturated rings. The standard InChI is InChI=1S/C33H32FNO5/c34-22-11-12-31(39-16-20-9-10-20)29(15-22)32(36)21-13-23-17-38-18-24(14-21)35(23)33(37)40-19-30-27-7-3-1-5-25(27)26-6-2-4-8-28(26)30/h1-8,11-12,15,20-21,23-24,30H,9-10,13-14,16-19H2. The van der Waals surface area contributed by atoms with Crippen LogP contribution in [0.25, 0.3) is 11.1 Å². The number of nitrogens with zero attached hydrogens (tertiary/aromatic N) is 1. The molecule has 2 bridgehead atoms. The molecular formula is C33H32FNO5. The van der Waals surface area contributed by atoms with E-state index in [-0.39, 0.29) is 42.4 Å². The van der Waals surface area contributed by atoms with Gasteiger partial charge in [0.05, 0.1) is 37.5 Å². The van der Waals surface area contributed by atoms with Crippen LogP contribution in [-0.2, 0) is 9.47 Å². The van der Waals surface area contributed by atoms with Crippen molar-refractivity contribution < 1.29 is 28.2 Å². The van der Waals surface area contributed by atoms with Crippen molar-refractivity contribution in [3.05, 3.63) is 89.2 Å². The highest BCUT2D eigenvalue weighted by Crippen LogP contribution is 2.45. The first-order valence-electron chi connectivity index (χ1n) is 14.2. The number of carbonyl (C=O) groups is 2. The first kappa shape index (κ1) is 25.3. The van der Waals surface area contributed by atoms with E-state index in [1.54, 1.807) is 11.0 Å². The van der Waals surface area contributed by atoms with E-state index in [0.29, 0.717) is 49.9 Å². The van der Waals surface area contributed by atoms with E-state index in [1.807, 2.05) is 24.3 Å². The van der Waals surface area contributed by atoms with Crippen molar-refractivity contribution in [2.45, 2.75) is 43.7 Å². The topological polar surface area (TPSA) is 65.1 Å². The maximum Gasteiger partial charge on any atom is 0.410 e. The fourth-order valence-electron chi connectivity index (χ4n) is 6.63. The Balaban J connectivity index is 1.05. The van der Waals surface area contributed by atoms with Gasteiger partial charge in [-0.15, -0.1) is 0 Å². The van der Waals surface area contributed by atoms with Crippen molar-refractivity contribution in [1.29, 1.82) is 0 Å². The fraction of sp³-hybridized carbons (Fsp3) is 0.394. The number of hydrogen-bond acceptors (Lipinski definition) is 5. The molecule has 2 heterocycles. The molecule has 0 radical (unpaired) electrons. The Kier molecular flexibility index (Phi) is 6.54. The van der Waals surface area contributed by atoms with Gasteiger partial charge in [-0.05, 0) is 72.1 Å². The molecule has 2 saturated heterocycles. The molecule has 2 atom stereocenters. The number of rotatable bonds is 7. The van der Waals surface area contributed by atoms with Gasteiger partial charge in [0.2, 0.25) is 0 Å². The lowest BCUT2D eigenvalue weighted by atomic mass is 9.80. The lowest BCUT2D eigenvalue weighted by Gasteiger charge is -2.47. The lowest BCUT2D eigenvalue weighted by Crippen LogP contribution is -2.60. The summed E-state index contributed by atoms with van der Waals surface area (Å²) in [6, 6.07) is 20.1. The number of hydrogen-bond donors (Lipinski definition) is 0. The number of carbonyl (C=O) groups excluding carboxylic acids is 2. The Labute approximate surface area is 233 Å². The van der Waals surface area contributed by atoms with Gasteiger partial charge in [-0.2, -0.15) is 0 Å². The number of Topliss-reactive ketones (excluding diaryl/α,β-unsaturated/α-hetero) is 1. The lowest BCUT2D eigenvalue weighted by molar-refractivity contribution is -0.0748. The third-order valence-electron chi connectivity index (χ3n) is 8.82. The maximum absolute atomic E-state index is 14.2. The smallest absolute Gasteiger partial charge is 0.410 e. The van der Waals surface area contributed by atoms with Crippen LogP contribution in [0.3, 0.4) is 0 Å². The van der Waals surface area contributed by atoms with Gasteiger partial charge in [-0.25, -0.2) is 9.18 Å². The number of benzene rings is 3. The van der Waals surface area contributed by atoms with Crippen LogP contribution < -0.4 is 4.74 Å². The van der Waals surface area contributed by atoms with Crippen LogP contribution in [0.5, 0.6) is 5.75 Å². The number of ether oxygens (including phenoxy) is 3. The van der Waals surface area contributed by atoms with E-state index in [4.69, 9.17) is 14.2 Å². The molecular weight excluding hydrogens is 509 g/mol. The minimum atomic E-state index is -0.457. The highest BCUT2D eigenvalue weighted by atomic mass is 19.1. The molecule has 206 valence electrons. The second-order valence-corrected chi connectivity index (χ2v) is 11.5. The second-order valence-electron chi connectivity index (χ2n) is 11.5. The Hall–Kier alpha value is -3.71. The molecule has 0 spiro atoms. The number of amides is 1. The summed E-state index contributed by atoms with van der Waals surface area (Å²) in [7, 11) is 0. The van der Waals surface area contributed by atoms with Crippen molar-refractivity contribution >= 4 is 11.9 Å². The van der Waals surface area contributed by atoms with E-state index < -0.39 is 5.82 Å². The zero-order chi connectivity index (χ0) is 27.2. The molecule has 7 rings (SSSR count). The highest BCUT2D eigenvalue weighted by molar-refractivity contribution is 6.00. The number of fused-ring (bicyclic) bond motifs is 5. The van der Waals surface area contributed by atoms with Gasteiger partial charge in [0.15, 0.2) is 5.78 Å². The molecule has 0 N–H and O–H groups in total. The third kappa shape index (κ3) is 4.66. The molecule has 40 heavy (non-hydrogen) atoms. The summed E-state index contributed by atoms with van der Waals surface area (Å²) in [5.74, 6) is 0.00920. The highest BCUT2D eigenvalue weighted by Gasteiger charge is 2.45. The largest absolute Gasteiger partial charge is 0.493 e. The first-order chi connectivity index (χ1) is 19.6. The maximum atomic E-state index is 14.2. The van der Waals surface area contributed by atoms with E-state index in [2.05, 4.69) is 24.3 Å². The van der Waals surface area contributed by atoms with E-state index in [9.17, 15) is 14.0 Å². The molecule has 3 aromatic carbocycles. The van der Waals surface area contributed by atoms with Crippen LogP contribution >= 0.6 is 0 Å². The van der Waals surface area contributed by atoms with Gasteiger partial charge in [-0.3, -0.25) is 9.69 Å². The van der Waals surface area contributed by atoms with Gasteiger partial charge in [0.1, 0.15) is 18.2 Å². The summed E-state index contributed by atoms with van der Waals surface area (Å²) in [6.45, 7) is 1.49. The van der Waals surface area contributed by atoms with E-state index in [0.717, 1.165) is 12.8 Å². The number of morpholine rings is 1. The zero-order valence-electron chi connectivity index (χ0n) is 22.3. The number of ketones is 1. The minimum absolute atomic E-state index is 0.0198. The normalized spacial score (nSPS) is 23.3. The van der Waals surface area contributed by atoms with Gasteiger partial charge < -0.3 is 14.2 Å². The van der Waals surface area contributed by atoms with Crippen molar-refractivity contribution in [2.75, 3.05) is 26.4 Å². The van der Waals surface area contributed by atoms with Crippen LogP contribution in [0.2, 0.25) is 0 Å². The summed E-state index contributed by atoms with van der Waals surface area (Å²) in [5.41, 5.74) is 4.99. The molecule has 4 aliphatic rings. The average Bonchev–Trinajstić information content (AvgIpc) is 3.75. The summed E-state index contributed by atoms with van der Waals surface area (Å²) in [6.07, 6.45) is 2.77. The molecule has 1 saturated carbocycles. The van der Waals surface area contributed by atoms with Gasteiger partial charge in [0.25, 0.3) is 0 Å². The van der Waals surface area contributed by atoms with E-state index >= 15 is 0 Å². The minimum Gasteiger partial charge on any atom is -0.493 e.